The third-order valence-electron chi connectivity index (χ3n) is 3.18. The van der Waals surface area contributed by atoms with Crippen LogP contribution >= 0.6 is 8.22 Å². The molecule has 0 aromatic heterocycles. The van der Waals surface area contributed by atoms with E-state index in [1.807, 2.05) is 0 Å². The third kappa shape index (κ3) is 6.10. The summed E-state index contributed by atoms with van der Waals surface area (Å²) in [6.45, 7) is 23.4. The lowest BCUT2D eigenvalue weighted by Gasteiger charge is -2.48. The Morgan fingerprint density at radius 1 is 0.579 bits per heavy atom. The second-order valence-corrected chi connectivity index (χ2v) is 9.12. The monoisotopic (exact) mass is 288 g/mol. The highest BCUT2D eigenvalue weighted by molar-refractivity contribution is 7.52. The molecule has 0 radical (unpaired) electrons. The van der Waals surface area contributed by atoms with Crippen LogP contribution in [0.2, 0.25) is 0 Å². The zero-order valence-electron chi connectivity index (χ0n) is 14.9. The van der Waals surface area contributed by atoms with Gasteiger partial charge in [0.2, 0.25) is 0 Å². The molecule has 0 aliphatic heterocycles. The Morgan fingerprint density at radius 3 is 1.00 bits per heavy atom. The van der Waals surface area contributed by atoms with Gasteiger partial charge in [-0.1, -0.05) is 13.8 Å². The summed E-state index contributed by atoms with van der Waals surface area (Å²) in [4.78, 5) is 0. The smallest absolute Gasteiger partial charge is 0.0407 e. The lowest BCUT2D eigenvalue weighted by atomic mass is 10.3. The van der Waals surface area contributed by atoms with Gasteiger partial charge in [-0.05, 0) is 67.5 Å². The van der Waals surface area contributed by atoms with Crippen molar-refractivity contribution in [3.05, 3.63) is 0 Å². The molecule has 0 aliphatic rings. The Balaban J connectivity index is 5.36. The largest absolute Gasteiger partial charge is 0.265 e. The van der Waals surface area contributed by atoms with Crippen molar-refractivity contribution < 1.29 is 0 Å². The van der Waals surface area contributed by atoms with E-state index < -0.39 is 0 Å². The summed E-state index contributed by atoms with van der Waals surface area (Å²) in [7, 11) is -0.218. The molecular weight excluding hydrogens is 251 g/mol. The first kappa shape index (κ1) is 19.4. The van der Waals surface area contributed by atoms with Gasteiger partial charge in [-0.3, -0.25) is 9.34 Å². The van der Waals surface area contributed by atoms with E-state index >= 15 is 0 Å². The van der Waals surface area contributed by atoms with Crippen LogP contribution in [0.15, 0.2) is 0 Å². The van der Waals surface area contributed by atoms with Crippen LogP contribution in [0.1, 0.15) is 69.2 Å². The molecule has 0 heterocycles. The van der Waals surface area contributed by atoms with Gasteiger partial charge in [0.1, 0.15) is 0 Å². The van der Waals surface area contributed by atoms with Gasteiger partial charge in [0.05, 0.1) is 0 Å². The van der Waals surface area contributed by atoms with Crippen LogP contribution in [-0.2, 0) is 0 Å². The van der Waals surface area contributed by atoms with Crippen LogP contribution in [0.25, 0.3) is 0 Å². The Kier molecular flexibility index (Phi) is 8.75. The van der Waals surface area contributed by atoms with Crippen LogP contribution in [-0.4, -0.2) is 39.7 Å². The average Bonchev–Trinajstić information content (AvgIpc) is 2.12. The second kappa shape index (κ2) is 8.60. The molecule has 0 amide bonds. The summed E-state index contributed by atoms with van der Waals surface area (Å²) in [6.07, 6.45) is 1.31. The third-order valence-corrected chi connectivity index (χ3v) is 7.15. The molecular formula is C16H37N2P. The highest BCUT2D eigenvalue weighted by atomic mass is 31.1. The highest BCUT2D eigenvalue weighted by Gasteiger charge is 2.32. The van der Waals surface area contributed by atoms with Crippen LogP contribution in [0, 0.1) is 5.92 Å². The Labute approximate surface area is 123 Å². The molecule has 2 nitrogen and oxygen atoms in total. The summed E-state index contributed by atoms with van der Waals surface area (Å²) in [6, 6.07) is 2.46. The van der Waals surface area contributed by atoms with Gasteiger partial charge in [0, 0.05) is 32.4 Å². The van der Waals surface area contributed by atoms with E-state index in [-0.39, 0.29) is 8.22 Å². The van der Waals surface area contributed by atoms with Crippen molar-refractivity contribution in [1.82, 2.24) is 9.34 Å². The number of rotatable bonds is 8. The van der Waals surface area contributed by atoms with Crippen LogP contribution in [0.4, 0.5) is 0 Å². The molecule has 3 heteroatoms. The zero-order valence-corrected chi connectivity index (χ0v) is 15.8. The van der Waals surface area contributed by atoms with E-state index in [4.69, 9.17) is 0 Å². The van der Waals surface area contributed by atoms with E-state index in [1.54, 1.807) is 0 Å². The first-order valence-electron chi connectivity index (χ1n) is 7.93. The quantitative estimate of drug-likeness (QED) is 0.567. The summed E-state index contributed by atoms with van der Waals surface area (Å²) < 4.78 is 5.49. The molecule has 0 spiro atoms. The fourth-order valence-electron chi connectivity index (χ4n) is 2.89. The molecule has 0 aliphatic carbocycles. The molecule has 116 valence electrons. The standard InChI is InChI=1S/C16H37N2P/c1-12(2)11-19(17(13(3)4)14(5)6)18(15(7)8)16(9)10/h12-16H,11H2,1-10H3. The molecule has 0 fully saturated rings. The normalized spacial score (nSPS) is 13.6. The second-order valence-electron chi connectivity index (χ2n) is 7.08. The summed E-state index contributed by atoms with van der Waals surface area (Å²) in [5.41, 5.74) is 0. The minimum absolute atomic E-state index is 0.218. The number of nitrogens with zero attached hydrogens (tertiary/aromatic N) is 2. The van der Waals surface area contributed by atoms with Gasteiger partial charge in [0.15, 0.2) is 0 Å². The predicted octanol–water partition coefficient (Wildman–Crippen LogP) is 5.19. The Morgan fingerprint density at radius 2 is 0.842 bits per heavy atom. The first-order chi connectivity index (χ1) is 8.59. The van der Waals surface area contributed by atoms with E-state index in [0.29, 0.717) is 24.2 Å². The topological polar surface area (TPSA) is 6.48 Å². The summed E-state index contributed by atoms with van der Waals surface area (Å²) >= 11 is 0. The van der Waals surface area contributed by atoms with Gasteiger partial charge < -0.3 is 0 Å². The van der Waals surface area contributed by atoms with E-state index in [0.717, 1.165) is 5.92 Å². The van der Waals surface area contributed by atoms with Crippen molar-refractivity contribution >= 4 is 8.22 Å². The molecule has 0 aromatic carbocycles. The van der Waals surface area contributed by atoms with Crippen LogP contribution in [0.3, 0.4) is 0 Å². The zero-order chi connectivity index (χ0) is 15.3. The fraction of sp³-hybridized carbons (Fsp3) is 1.00. The maximum Gasteiger partial charge on any atom is 0.0407 e. The number of hydrogen-bond acceptors (Lipinski definition) is 2. The van der Waals surface area contributed by atoms with Crippen molar-refractivity contribution in [1.29, 1.82) is 0 Å². The van der Waals surface area contributed by atoms with Crippen molar-refractivity contribution in [2.24, 2.45) is 5.92 Å². The SMILES string of the molecule is CC(C)CP(N(C(C)C)C(C)C)N(C(C)C)C(C)C. The molecule has 0 aromatic rings. The molecule has 0 saturated heterocycles. The van der Waals surface area contributed by atoms with Crippen LogP contribution in [0.5, 0.6) is 0 Å². The lowest BCUT2D eigenvalue weighted by molar-refractivity contribution is 0.254. The van der Waals surface area contributed by atoms with E-state index in [1.165, 1.54) is 6.16 Å². The van der Waals surface area contributed by atoms with Gasteiger partial charge >= 0.3 is 0 Å². The molecule has 0 rings (SSSR count). The maximum absolute atomic E-state index is 2.75. The van der Waals surface area contributed by atoms with Crippen molar-refractivity contribution in [2.75, 3.05) is 6.16 Å². The molecule has 0 saturated carbocycles. The fourth-order valence-corrected chi connectivity index (χ4v) is 6.29. The van der Waals surface area contributed by atoms with Gasteiger partial charge in [-0.25, -0.2) is 0 Å². The summed E-state index contributed by atoms with van der Waals surface area (Å²) in [5.74, 6) is 0.756. The number of hydrogen-bond donors (Lipinski definition) is 0. The first-order valence-corrected chi connectivity index (χ1v) is 9.36. The Hall–Kier alpha value is 0.350. The lowest BCUT2D eigenvalue weighted by Crippen LogP contribution is -2.44. The van der Waals surface area contributed by atoms with Gasteiger partial charge in [0.25, 0.3) is 0 Å². The molecule has 0 N–H and O–H groups in total. The maximum atomic E-state index is 2.75. The van der Waals surface area contributed by atoms with E-state index in [9.17, 15) is 0 Å². The van der Waals surface area contributed by atoms with Crippen molar-refractivity contribution in [2.45, 2.75) is 93.4 Å². The minimum Gasteiger partial charge on any atom is -0.265 e. The molecule has 0 atom stereocenters. The average molecular weight is 288 g/mol. The van der Waals surface area contributed by atoms with Gasteiger partial charge in [-0.2, -0.15) is 0 Å². The molecule has 0 unspecified atom stereocenters. The predicted molar refractivity (Wildman–Crippen MR) is 90.8 cm³/mol. The minimum atomic E-state index is -0.218. The van der Waals surface area contributed by atoms with Gasteiger partial charge in [-0.15, -0.1) is 0 Å². The summed E-state index contributed by atoms with van der Waals surface area (Å²) in [5, 5.41) is 0. The molecule has 19 heavy (non-hydrogen) atoms. The van der Waals surface area contributed by atoms with E-state index in [2.05, 4.69) is 78.6 Å². The highest BCUT2D eigenvalue weighted by Crippen LogP contribution is 2.50. The van der Waals surface area contributed by atoms with Crippen molar-refractivity contribution in [3.63, 3.8) is 0 Å². The van der Waals surface area contributed by atoms with Crippen LogP contribution < -0.4 is 0 Å². The Bertz CT molecular complexity index is 201. The van der Waals surface area contributed by atoms with Crippen molar-refractivity contribution in [3.8, 4) is 0 Å². The molecule has 0 bridgehead atoms.